The van der Waals surface area contributed by atoms with Gasteiger partial charge in [0.15, 0.2) is 0 Å². The molecule has 24 heavy (non-hydrogen) atoms. The fourth-order valence-electron chi connectivity index (χ4n) is 2.55. The first-order chi connectivity index (χ1) is 11.5. The Labute approximate surface area is 146 Å². The average Bonchev–Trinajstić information content (AvgIpc) is 2.60. The highest BCUT2D eigenvalue weighted by Crippen LogP contribution is 2.22. The summed E-state index contributed by atoms with van der Waals surface area (Å²) in [6.45, 7) is 6.43. The Kier molecular flexibility index (Phi) is 6.44. The summed E-state index contributed by atoms with van der Waals surface area (Å²) in [6, 6.07) is 14.8. The Morgan fingerprint density at radius 1 is 0.958 bits per heavy atom. The maximum Gasteiger partial charge on any atom is 0.261 e. The second-order valence-electron chi connectivity index (χ2n) is 6.28. The van der Waals surface area contributed by atoms with Crippen molar-refractivity contribution < 1.29 is 8.42 Å². The van der Waals surface area contributed by atoms with Crippen molar-refractivity contribution in [1.29, 1.82) is 0 Å². The fourth-order valence-corrected chi connectivity index (χ4v) is 3.60. The van der Waals surface area contributed by atoms with Crippen LogP contribution in [0.5, 0.6) is 0 Å². The standard InChI is InChI=1S/C20H27NO2S/c1-4-6-7-17-8-12-19(13-9-17)21-24(22,23)20-14-10-18(11-15-20)16(3)5-2/h8-16,21H,4-7H2,1-3H3. The molecule has 0 spiro atoms. The molecule has 1 N–H and O–H groups in total. The molecule has 0 aliphatic carbocycles. The molecule has 2 rings (SSSR count). The van der Waals surface area contributed by atoms with E-state index in [9.17, 15) is 8.42 Å². The lowest BCUT2D eigenvalue weighted by atomic mass is 9.99. The molecule has 1 unspecified atom stereocenters. The molecular weight excluding hydrogens is 318 g/mol. The van der Waals surface area contributed by atoms with Gasteiger partial charge in [-0.25, -0.2) is 8.42 Å². The van der Waals surface area contributed by atoms with E-state index in [1.807, 2.05) is 36.4 Å². The molecule has 0 radical (unpaired) electrons. The summed E-state index contributed by atoms with van der Waals surface area (Å²) in [5.41, 5.74) is 3.00. The van der Waals surface area contributed by atoms with Gasteiger partial charge in [-0.05, 0) is 60.6 Å². The van der Waals surface area contributed by atoms with Gasteiger partial charge in [0.2, 0.25) is 0 Å². The number of hydrogen-bond donors (Lipinski definition) is 1. The first kappa shape index (κ1) is 18.5. The molecule has 0 saturated carbocycles. The largest absolute Gasteiger partial charge is 0.280 e. The van der Waals surface area contributed by atoms with Gasteiger partial charge in [0, 0.05) is 5.69 Å². The van der Waals surface area contributed by atoms with Gasteiger partial charge in [-0.15, -0.1) is 0 Å². The van der Waals surface area contributed by atoms with E-state index in [4.69, 9.17) is 0 Å². The van der Waals surface area contributed by atoms with Crippen LogP contribution in [0.2, 0.25) is 0 Å². The van der Waals surface area contributed by atoms with Gasteiger partial charge < -0.3 is 0 Å². The minimum atomic E-state index is -3.54. The molecule has 130 valence electrons. The summed E-state index contributed by atoms with van der Waals surface area (Å²) in [4.78, 5) is 0.296. The molecule has 0 aromatic heterocycles. The van der Waals surface area contributed by atoms with E-state index in [2.05, 4.69) is 25.5 Å². The number of benzene rings is 2. The van der Waals surface area contributed by atoms with Crippen LogP contribution in [0.3, 0.4) is 0 Å². The Balaban J connectivity index is 2.10. The Morgan fingerprint density at radius 2 is 1.58 bits per heavy atom. The molecule has 0 aliphatic heterocycles. The zero-order valence-corrected chi connectivity index (χ0v) is 15.6. The second-order valence-corrected chi connectivity index (χ2v) is 7.97. The van der Waals surface area contributed by atoms with Gasteiger partial charge in [-0.1, -0.05) is 51.5 Å². The fraction of sp³-hybridized carbons (Fsp3) is 0.400. The normalized spacial score (nSPS) is 12.8. The van der Waals surface area contributed by atoms with Crippen LogP contribution >= 0.6 is 0 Å². The van der Waals surface area contributed by atoms with Crippen molar-refractivity contribution in [3.05, 3.63) is 59.7 Å². The average molecular weight is 346 g/mol. The van der Waals surface area contributed by atoms with Crippen molar-refractivity contribution in [2.24, 2.45) is 0 Å². The molecule has 0 heterocycles. The minimum Gasteiger partial charge on any atom is -0.280 e. The van der Waals surface area contributed by atoms with E-state index in [1.54, 1.807) is 12.1 Å². The highest BCUT2D eigenvalue weighted by molar-refractivity contribution is 7.92. The van der Waals surface area contributed by atoms with E-state index in [1.165, 1.54) is 5.56 Å². The van der Waals surface area contributed by atoms with Crippen molar-refractivity contribution in [3.63, 3.8) is 0 Å². The predicted molar refractivity (Wildman–Crippen MR) is 101 cm³/mol. The van der Waals surface area contributed by atoms with Crippen molar-refractivity contribution in [3.8, 4) is 0 Å². The Bertz CT molecular complexity index is 734. The molecule has 0 saturated heterocycles. The van der Waals surface area contributed by atoms with Crippen molar-refractivity contribution in [2.45, 2.75) is 57.3 Å². The summed E-state index contributed by atoms with van der Waals surface area (Å²) in [5, 5.41) is 0. The quantitative estimate of drug-likeness (QED) is 0.701. The lowest BCUT2D eigenvalue weighted by molar-refractivity contribution is 0.601. The number of nitrogens with one attached hydrogen (secondary N) is 1. The molecule has 2 aromatic rings. The number of rotatable bonds is 8. The lowest BCUT2D eigenvalue weighted by Gasteiger charge is -2.12. The van der Waals surface area contributed by atoms with E-state index in [0.29, 0.717) is 16.5 Å². The highest BCUT2D eigenvalue weighted by Gasteiger charge is 2.14. The monoisotopic (exact) mass is 345 g/mol. The molecule has 1 atom stereocenters. The number of aryl methyl sites for hydroxylation is 1. The van der Waals surface area contributed by atoms with E-state index in [0.717, 1.165) is 31.2 Å². The molecule has 3 nitrogen and oxygen atoms in total. The number of sulfonamides is 1. The van der Waals surface area contributed by atoms with Crippen molar-refractivity contribution in [1.82, 2.24) is 0 Å². The van der Waals surface area contributed by atoms with Crippen LogP contribution in [-0.2, 0) is 16.4 Å². The third-order valence-electron chi connectivity index (χ3n) is 4.40. The first-order valence-electron chi connectivity index (χ1n) is 8.68. The second kappa shape index (κ2) is 8.34. The van der Waals surface area contributed by atoms with E-state index < -0.39 is 10.0 Å². The van der Waals surface area contributed by atoms with Crippen LogP contribution in [0, 0.1) is 0 Å². The van der Waals surface area contributed by atoms with Crippen LogP contribution in [0.1, 0.15) is 57.1 Å². The smallest absolute Gasteiger partial charge is 0.261 e. The maximum absolute atomic E-state index is 12.5. The topological polar surface area (TPSA) is 46.2 Å². The Morgan fingerprint density at radius 3 is 2.12 bits per heavy atom. The van der Waals surface area contributed by atoms with Gasteiger partial charge >= 0.3 is 0 Å². The highest BCUT2D eigenvalue weighted by atomic mass is 32.2. The minimum absolute atomic E-state index is 0.296. The summed E-state index contributed by atoms with van der Waals surface area (Å²) in [6.07, 6.45) is 4.37. The summed E-state index contributed by atoms with van der Waals surface area (Å²) in [5.74, 6) is 0.436. The molecule has 0 amide bonds. The number of unbranched alkanes of at least 4 members (excludes halogenated alkanes) is 1. The van der Waals surface area contributed by atoms with Crippen LogP contribution in [0.4, 0.5) is 5.69 Å². The van der Waals surface area contributed by atoms with Gasteiger partial charge in [-0.2, -0.15) is 0 Å². The SMILES string of the molecule is CCCCc1ccc(NS(=O)(=O)c2ccc(C(C)CC)cc2)cc1. The van der Waals surface area contributed by atoms with Crippen LogP contribution < -0.4 is 4.72 Å². The molecule has 2 aromatic carbocycles. The van der Waals surface area contributed by atoms with Gasteiger partial charge in [0.25, 0.3) is 10.0 Å². The van der Waals surface area contributed by atoms with Crippen molar-refractivity contribution in [2.75, 3.05) is 4.72 Å². The summed E-state index contributed by atoms with van der Waals surface area (Å²) < 4.78 is 27.6. The van der Waals surface area contributed by atoms with E-state index >= 15 is 0 Å². The van der Waals surface area contributed by atoms with Gasteiger partial charge in [-0.3, -0.25) is 4.72 Å². The van der Waals surface area contributed by atoms with Crippen LogP contribution in [0.15, 0.2) is 53.4 Å². The third kappa shape index (κ3) is 4.84. The molecule has 0 fully saturated rings. The summed E-state index contributed by atoms with van der Waals surface area (Å²) in [7, 11) is -3.54. The summed E-state index contributed by atoms with van der Waals surface area (Å²) >= 11 is 0. The predicted octanol–water partition coefficient (Wildman–Crippen LogP) is 5.34. The van der Waals surface area contributed by atoms with Crippen LogP contribution in [0.25, 0.3) is 0 Å². The van der Waals surface area contributed by atoms with Crippen LogP contribution in [-0.4, -0.2) is 8.42 Å². The zero-order chi connectivity index (χ0) is 17.6. The first-order valence-corrected chi connectivity index (χ1v) is 10.2. The van der Waals surface area contributed by atoms with Crippen molar-refractivity contribution >= 4 is 15.7 Å². The molecule has 4 heteroatoms. The molecule has 0 bridgehead atoms. The molecule has 0 aliphatic rings. The number of anilines is 1. The lowest BCUT2D eigenvalue weighted by Crippen LogP contribution is -2.13. The maximum atomic E-state index is 12.5. The van der Waals surface area contributed by atoms with E-state index in [-0.39, 0.29) is 0 Å². The number of hydrogen-bond acceptors (Lipinski definition) is 2. The third-order valence-corrected chi connectivity index (χ3v) is 5.79. The van der Waals surface area contributed by atoms with Gasteiger partial charge in [0.1, 0.15) is 0 Å². The zero-order valence-electron chi connectivity index (χ0n) is 14.7. The molecular formula is C20H27NO2S. The Hall–Kier alpha value is -1.81. The van der Waals surface area contributed by atoms with Gasteiger partial charge in [0.05, 0.1) is 4.90 Å².